The van der Waals surface area contributed by atoms with E-state index in [1.807, 2.05) is 0 Å². The molecule has 0 aliphatic rings. The van der Waals surface area contributed by atoms with Gasteiger partial charge in [-0.15, -0.1) is 0 Å². The van der Waals surface area contributed by atoms with E-state index in [9.17, 15) is 14.3 Å². The molecular weight excluding hydrogens is 327 g/mol. The molecule has 0 bridgehead atoms. The molecule has 1 atom stereocenters. The minimum absolute atomic E-state index is 0.0144. The van der Waals surface area contributed by atoms with Gasteiger partial charge in [0.2, 0.25) is 6.17 Å². The van der Waals surface area contributed by atoms with E-state index < -0.39 is 17.7 Å². The van der Waals surface area contributed by atoms with Gasteiger partial charge >= 0.3 is 5.97 Å². The molecule has 2 aromatic carbocycles. The van der Waals surface area contributed by atoms with Gasteiger partial charge in [0.25, 0.3) is 0 Å². The molecule has 0 aromatic heterocycles. The van der Waals surface area contributed by atoms with Crippen molar-refractivity contribution in [3.63, 3.8) is 0 Å². The molecule has 6 heteroatoms. The van der Waals surface area contributed by atoms with Crippen LogP contribution in [0.25, 0.3) is 0 Å². The molecule has 2 aromatic rings. The van der Waals surface area contributed by atoms with Crippen LogP contribution in [0.15, 0.2) is 48.5 Å². The van der Waals surface area contributed by atoms with Crippen molar-refractivity contribution in [2.75, 3.05) is 20.8 Å². The van der Waals surface area contributed by atoms with Crippen molar-refractivity contribution in [2.24, 2.45) is 0 Å². The number of alkyl halides is 1. The Kier molecular flexibility index (Phi) is 5.98. The normalized spacial score (nSPS) is 12.4. The van der Waals surface area contributed by atoms with E-state index in [2.05, 4.69) is 0 Å². The molecular formula is C19H21FO5. The third kappa shape index (κ3) is 3.74. The summed E-state index contributed by atoms with van der Waals surface area (Å²) >= 11 is 0. The van der Waals surface area contributed by atoms with Gasteiger partial charge in [-0.1, -0.05) is 24.3 Å². The van der Waals surface area contributed by atoms with Crippen LogP contribution in [0.1, 0.15) is 18.1 Å². The maximum atomic E-state index is 15.0. The Morgan fingerprint density at radius 1 is 1.00 bits per heavy atom. The van der Waals surface area contributed by atoms with Crippen molar-refractivity contribution in [1.29, 1.82) is 0 Å². The van der Waals surface area contributed by atoms with E-state index in [0.29, 0.717) is 11.5 Å². The second-order valence-electron chi connectivity index (χ2n) is 5.34. The van der Waals surface area contributed by atoms with Crippen molar-refractivity contribution in [1.82, 2.24) is 0 Å². The number of aliphatic hydroxyl groups is 1. The minimum Gasteiger partial charge on any atom is -0.497 e. The highest BCUT2D eigenvalue weighted by atomic mass is 19.1. The topological polar surface area (TPSA) is 65.0 Å². The van der Waals surface area contributed by atoms with Gasteiger partial charge < -0.3 is 19.3 Å². The average molecular weight is 348 g/mol. The molecule has 5 nitrogen and oxygen atoms in total. The molecule has 134 valence electrons. The zero-order chi connectivity index (χ0) is 18.4. The maximum Gasteiger partial charge on any atom is 0.344 e. The predicted octanol–water partition coefficient (Wildman–Crippen LogP) is 2.84. The largest absolute Gasteiger partial charge is 0.497 e. The third-order valence-corrected chi connectivity index (χ3v) is 3.92. The van der Waals surface area contributed by atoms with Crippen molar-refractivity contribution < 1.29 is 28.5 Å². The number of halogens is 1. The molecule has 0 saturated heterocycles. The van der Waals surface area contributed by atoms with Gasteiger partial charge in [-0.25, -0.2) is 9.18 Å². The van der Waals surface area contributed by atoms with E-state index >= 15 is 0 Å². The SMILES string of the molecule is CCOC(=O)C(F)C(O)(c1ccc(OC)cc1)c1ccc(OC)cc1. The lowest BCUT2D eigenvalue weighted by atomic mass is 9.82. The van der Waals surface area contributed by atoms with Gasteiger partial charge in [0.05, 0.1) is 20.8 Å². The first-order chi connectivity index (χ1) is 12.0. The monoisotopic (exact) mass is 348 g/mol. The highest BCUT2D eigenvalue weighted by Gasteiger charge is 2.46. The summed E-state index contributed by atoms with van der Waals surface area (Å²) < 4.78 is 29.9. The first kappa shape index (κ1) is 18.7. The Morgan fingerprint density at radius 2 is 1.40 bits per heavy atom. The smallest absolute Gasteiger partial charge is 0.344 e. The van der Waals surface area contributed by atoms with Gasteiger partial charge in [0, 0.05) is 0 Å². The molecule has 0 amide bonds. The summed E-state index contributed by atoms with van der Waals surface area (Å²) in [4.78, 5) is 12.0. The fourth-order valence-corrected chi connectivity index (χ4v) is 2.54. The molecule has 0 aliphatic carbocycles. The number of hydrogen-bond acceptors (Lipinski definition) is 5. The van der Waals surface area contributed by atoms with Crippen molar-refractivity contribution in [3.05, 3.63) is 59.7 Å². The van der Waals surface area contributed by atoms with Crippen LogP contribution >= 0.6 is 0 Å². The number of carbonyl (C=O) groups is 1. The van der Waals surface area contributed by atoms with E-state index in [1.165, 1.54) is 38.5 Å². The summed E-state index contributed by atoms with van der Waals surface area (Å²) in [5.41, 5.74) is -1.79. The zero-order valence-electron chi connectivity index (χ0n) is 14.4. The summed E-state index contributed by atoms with van der Waals surface area (Å²) in [7, 11) is 3.00. The van der Waals surface area contributed by atoms with Gasteiger partial charge in [0.15, 0.2) is 5.60 Å². The molecule has 25 heavy (non-hydrogen) atoms. The Morgan fingerprint density at radius 3 is 1.72 bits per heavy atom. The predicted molar refractivity (Wildman–Crippen MR) is 90.5 cm³/mol. The van der Waals surface area contributed by atoms with Gasteiger partial charge in [-0.3, -0.25) is 0 Å². The standard InChI is InChI=1S/C19H21FO5/c1-4-25-18(21)17(20)19(22,13-5-9-15(23-2)10-6-13)14-7-11-16(24-3)12-8-14/h5-12,17,22H,4H2,1-3H3. The lowest BCUT2D eigenvalue weighted by Gasteiger charge is -2.31. The molecule has 0 radical (unpaired) electrons. The third-order valence-electron chi connectivity index (χ3n) is 3.92. The molecule has 0 saturated carbocycles. The number of benzene rings is 2. The van der Waals surface area contributed by atoms with Crippen LogP contribution in [-0.4, -0.2) is 38.1 Å². The maximum absolute atomic E-state index is 15.0. The second-order valence-corrected chi connectivity index (χ2v) is 5.34. The molecule has 0 heterocycles. The fourth-order valence-electron chi connectivity index (χ4n) is 2.54. The van der Waals surface area contributed by atoms with E-state index in [4.69, 9.17) is 14.2 Å². The summed E-state index contributed by atoms with van der Waals surface area (Å²) in [6.45, 7) is 1.59. The number of carbonyl (C=O) groups excluding carboxylic acids is 1. The molecule has 0 fully saturated rings. The highest BCUT2D eigenvalue weighted by Crippen LogP contribution is 2.37. The number of esters is 1. The Balaban J connectivity index is 2.53. The summed E-state index contributed by atoms with van der Waals surface area (Å²) in [5.74, 6) is -0.0311. The van der Waals surface area contributed by atoms with Crippen LogP contribution in [0.5, 0.6) is 11.5 Å². The lowest BCUT2D eigenvalue weighted by molar-refractivity contribution is -0.158. The molecule has 0 spiro atoms. The zero-order valence-corrected chi connectivity index (χ0v) is 14.4. The Hall–Kier alpha value is -2.60. The van der Waals surface area contributed by atoms with Crippen molar-refractivity contribution in [3.8, 4) is 11.5 Å². The van der Waals surface area contributed by atoms with Gasteiger partial charge in [-0.2, -0.15) is 0 Å². The quantitative estimate of drug-likeness (QED) is 0.780. The summed E-state index contributed by atoms with van der Waals surface area (Å²) in [6, 6.07) is 12.4. The summed E-state index contributed by atoms with van der Waals surface area (Å²) in [5, 5.41) is 11.2. The van der Waals surface area contributed by atoms with E-state index in [1.54, 1.807) is 31.2 Å². The highest BCUT2D eigenvalue weighted by molar-refractivity contribution is 5.77. The number of rotatable bonds is 7. The van der Waals surface area contributed by atoms with Crippen LogP contribution in [0, 0.1) is 0 Å². The molecule has 1 N–H and O–H groups in total. The van der Waals surface area contributed by atoms with E-state index in [-0.39, 0.29) is 17.7 Å². The summed E-state index contributed by atoms with van der Waals surface area (Å²) in [6.07, 6.45) is -2.30. The van der Waals surface area contributed by atoms with Crippen LogP contribution in [0.3, 0.4) is 0 Å². The Bertz CT molecular complexity index is 649. The van der Waals surface area contributed by atoms with E-state index in [0.717, 1.165) is 0 Å². The van der Waals surface area contributed by atoms with Crippen LogP contribution in [-0.2, 0) is 15.1 Å². The minimum atomic E-state index is -2.30. The molecule has 1 unspecified atom stereocenters. The molecule has 2 rings (SSSR count). The first-order valence-electron chi connectivity index (χ1n) is 7.79. The fraction of sp³-hybridized carbons (Fsp3) is 0.316. The number of methoxy groups -OCH3 is 2. The Labute approximate surface area is 146 Å². The first-order valence-corrected chi connectivity index (χ1v) is 7.79. The van der Waals surface area contributed by atoms with Crippen molar-refractivity contribution in [2.45, 2.75) is 18.7 Å². The second kappa shape index (κ2) is 7.98. The van der Waals surface area contributed by atoms with Crippen LogP contribution in [0.4, 0.5) is 4.39 Å². The van der Waals surface area contributed by atoms with Crippen LogP contribution in [0.2, 0.25) is 0 Å². The lowest BCUT2D eigenvalue weighted by Crippen LogP contribution is -2.43. The number of hydrogen-bond donors (Lipinski definition) is 1. The van der Waals surface area contributed by atoms with Crippen molar-refractivity contribution >= 4 is 5.97 Å². The molecule has 0 aliphatic heterocycles. The average Bonchev–Trinajstić information content (AvgIpc) is 2.67. The van der Waals surface area contributed by atoms with Gasteiger partial charge in [-0.05, 0) is 42.3 Å². The van der Waals surface area contributed by atoms with Gasteiger partial charge in [0.1, 0.15) is 11.5 Å². The number of ether oxygens (including phenoxy) is 3. The van der Waals surface area contributed by atoms with Crippen LogP contribution < -0.4 is 9.47 Å².